The predicted molar refractivity (Wildman–Crippen MR) is 73.2 cm³/mol. The lowest BCUT2D eigenvalue weighted by Crippen LogP contribution is -2.34. The summed E-state index contributed by atoms with van der Waals surface area (Å²) in [6.45, 7) is 0. The Morgan fingerprint density at radius 1 is 1.09 bits per heavy atom. The van der Waals surface area contributed by atoms with Crippen LogP contribution < -0.4 is 0 Å². The summed E-state index contributed by atoms with van der Waals surface area (Å²) in [4.78, 5) is 11.6. The van der Waals surface area contributed by atoms with E-state index in [1.165, 1.54) is 12.1 Å². The number of carbonyl (C=O) groups excluding carboxylic acids is 1. The van der Waals surface area contributed by atoms with Gasteiger partial charge in [0.1, 0.15) is 0 Å². The molecule has 1 aromatic rings. The average Bonchev–Trinajstić information content (AvgIpc) is 2.47. The number of hydrogen-bond acceptors (Lipinski definition) is 2. The summed E-state index contributed by atoms with van der Waals surface area (Å²) < 4.78 is 76.4. The first-order chi connectivity index (χ1) is 10.2. The molecule has 0 saturated heterocycles. The van der Waals surface area contributed by atoms with E-state index in [1.54, 1.807) is 18.2 Å². The topological polar surface area (TPSA) is 17.1 Å². The molecule has 0 saturated carbocycles. The Hall–Kier alpha value is -1.18. The van der Waals surface area contributed by atoms with Gasteiger partial charge >= 0.3 is 0 Å². The average molecular weight is 344 g/mol. The van der Waals surface area contributed by atoms with Crippen LogP contribution in [0.4, 0.5) is 26.3 Å². The lowest BCUT2D eigenvalue weighted by molar-refractivity contribution is -0.0921. The Bertz CT molecular complexity index is 468. The minimum Gasteiger partial charge on any atom is -0.282 e. The van der Waals surface area contributed by atoms with Crippen LogP contribution in [0.5, 0.6) is 0 Å². The van der Waals surface area contributed by atoms with Gasteiger partial charge in [0.25, 0.3) is 12.3 Å². The number of carbonyl (C=O) groups is 1. The molecule has 124 valence electrons. The van der Waals surface area contributed by atoms with E-state index < -0.39 is 48.4 Å². The lowest BCUT2D eigenvalue weighted by Gasteiger charge is -2.21. The fraction of sp³-hybridized carbons (Fsp3) is 0.500. The third kappa shape index (κ3) is 5.90. The molecule has 2 unspecified atom stereocenters. The molecule has 1 aromatic carbocycles. The van der Waals surface area contributed by atoms with Gasteiger partial charge in [-0.05, 0) is 0 Å². The van der Waals surface area contributed by atoms with Crippen LogP contribution in [0.2, 0.25) is 0 Å². The summed E-state index contributed by atoms with van der Waals surface area (Å²) in [5, 5.41) is -0.456. The van der Waals surface area contributed by atoms with E-state index in [0.29, 0.717) is 17.3 Å². The number of alkyl halides is 6. The van der Waals surface area contributed by atoms with Gasteiger partial charge in [-0.2, -0.15) is 0 Å². The monoisotopic (exact) mass is 344 g/mol. The first-order valence-electron chi connectivity index (χ1n) is 6.40. The molecule has 0 aliphatic rings. The Kier molecular flexibility index (Phi) is 7.25. The molecule has 0 aliphatic heterocycles. The third-order valence-corrected chi connectivity index (χ3v) is 3.75. The summed E-state index contributed by atoms with van der Waals surface area (Å²) >= 11 is 0.572. The molecule has 0 fully saturated rings. The number of thioether (sulfide) groups is 1. The number of rotatable bonds is 8. The Morgan fingerprint density at radius 3 is 2.23 bits per heavy atom. The molecule has 0 heterocycles. The zero-order chi connectivity index (χ0) is 16.8. The first-order valence-corrected chi connectivity index (χ1v) is 7.39. The number of benzene rings is 1. The second-order valence-electron chi connectivity index (χ2n) is 4.57. The molecule has 0 aromatic heterocycles. The molecular weight excluding hydrogens is 330 g/mol. The maximum Gasteiger partial charge on any atom is 0.279 e. The Morgan fingerprint density at radius 2 is 1.68 bits per heavy atom. The summed E-state index contributed by atoms with van der Waals surface area (Å²) in [5.41, 5.74) is 0.314. The zero-order valence-electron chi connectivity index (χ0n) is 11.3. The van der Waals surface area contributed by atoms with Gasteiger partial charge in [0, 0.05) is 24.2 Å². The zero-order valence-corrected chi connectivity index (χ0v) is 12.1. The van der Waals surface area contributed by atoms with Crippen molar-refractivity contribution in [3.05, 3.63) is 35.9 Å². The molecule has 0 N–H and O–H groups in total. The molecule has 8 heteroatoms. The number of hydrogen-bond donors (Lipinski definition) is 0. The molecule has 1 nitrogen and oxygen atoms in total. The van der Waals surface area contributed by atoms with Crippen molar-refractivity contribution in [2.45, 2.75) is 37.5 Å². The van der Waals surface area contributed by atoms with E-state index in [-0.39, 0.29) is 0 Å². The van der Waals surface area contributed by atoms with Gasteiger partial charge in [0.15, 0.2) is 12.3 Å². The van der Waals surface area contributed by atoms with Gasteiger partial charge in [-0.1, -0.05) is 42.1 Å². The summed E-state index contributed by atoms with van der Waals surface area (Å²) in [5.74, 6) is -4.35. The van der Waals surface area contributed by atoms with Crippen LogP contribution in [0.25, 0.3) is 0 Å². The maximum atomic E-state index is 13.4. The van der Waals surface area contributed by atoms with Gasteiger partial charge in [0.2, 0.25) is 5.12 Å². The second-order valence-corrected chi connectivity index (χ2v) is 5.63. The van der Waals surface area contributed by atoms with E-state index >= 15 is 0 Å². The largest absolute Gasteiger partial charge is 0.282 e. The highest BCUT2D eigenvalue weighted by atomic mass is 32.2. The van der Waals surface area contributed by atoms with Crippen molar-refractivity contribution in [1.82, 2.24) is 0 Å². The van der Waals surface area contributed by atoms with Gasteiger partial charge in [-0.25, -0.2) is 26.3 Å². The van der Waals surface area contributed by atoms with Crippen LogP contribution in [0.1, 0.15) is 23.2 Å². The summed E-state index contributed by atoms with van der Waals surface area (Å²) in [7, 11) is 0. The minimum atomic E-state index is -3.96. The first kappa shape index (κ1) is 18.9. The molecule has 1 rings (SSSR count). The quantitative estimate of drug-likeness (QED) is 0.623. The van der Waals surface area contributed by atoms with Crippen LogP contribution in [-0.2, 0) is 0 Å². The summed E-state index contributed by atoms with van der Waals surface area (Å²) in [6, 6.07) is 7.89. The van der Waals surface area contributed by atoms with Crippen LogP contribution in [0.3, 0.4) is 0 Å². The van der Waals surface area contributed by atoms with Crippen molar-refractivity contribution in [1.29, 1.82) is 0 Å². The van der Waals surface area contributed by atoms with Gasteiger partial charge in [-0.3, -0.25) is 4.79 Å². The standard InChI is InChI=1S/C14H14F6OS/c15-10(12(17)18)8-11(16)14(19,20)6-7-22-13(21)9-4-2-1-3-5-9/h1-5,10-12H,6-8H2. The fourth-order valence-corrected chi connectivity index (χ4v) is 2.43. The minimum absolute atomic E-state index is 0.314. The van der Waals surface area contributed by atoms with Crippen molar-refractivity contribution in [3.8, 4) is 0 Å². The highest BCUT2D eigenvalue weighted by Gasteiger charge is 2.42. The van der Waals surface area contributed by atoms with Crippen LogP contribution in [-0.4, -0.2) is 35.6 Å². The maximum absolute atomic E-state index is 13.4. The smallest absolute Gasteiger partial charge is 0.279 e. The molecule has 2 atom stereocenters. The van der Waals surface area contributed by atoms with E-state index in [4.69, 9.17) is 0 Å². The predicted octanol–water partition coefficient (Wildman–Crippen LogP) is 4.92. The highest BCUT2D eigenvalue weighted by molar-refractivity contribution is 8.14. The molecule has 0 amide bonds. The van der Waals surface area contributed by atoms with E-state index in [2.05, 4.69) is 0 Å². The van der Waals surface area contributed by atoms with Crippen LogP contribution >= 0.6 is 11.8 Å². The van der Waals surface area contributed by atoms with Crippen molar-refractivity contribution >= 4 is 16.9 Å². The van der Waals surface area contributed by atoms with Gasteiger partial charge < -0.3 is 0 Å². The second kappa shape index (κ2) is 8.45. The number of halogens is 6. The van der Waals surface area contributed by atoms with Crippen molar-refractivity contribution < 1.29 is 31.1 Å². The molecule has 0 radical (unpaired) electrons. The van der Waals surface area contributed by atoms with E-state index in [9.17, 15) is 31.1 Å². The molecule has 0 spiro atoms. The molecule has 0 bridgehead atoms. The van der Waals surface area contributed by atoms with Gasteiger partial charge in [-0.15, -0.1) is 0 Å². The highest BCUT2D eigenvalue weighted by Crippen LogP contribution is 2.32. The molecule has 22 heavy (non-hydrogen) atoms. The lowest BCUT2D eigenvalue weighted by atomic mass is 10.1. The third-order valence-electron chi connectivity index (χ3n) is 2.84. The summed E-state index contributed by atoms with van der Waals surface area (Å²) in [6.07, 6.45) is -12.0. The van der Waals surface area contributed by atoms with Crippen LogP contribution in [0, 0.1) is 0 Å². The van der Waals surface area contributed by atoms with Crippen molar-refractivity contribution in [2.24, 2.45) is 0 Å². The van der Waals surface area contributed by atoms with E-state index in [0.717, 1.165) is 0 Å². The Labute approximate surface area is 128 Å². The Balaban J connectivity index is 2.43. The SMILES string of the molecule is O=C(SCCC(F)(F)C(F)CC(F)C(F)F)c1ccccc1. The van der Waals surface area contributed by atoms with E-state index in [1.807, 2.05) is 0 Å². The molecule has 0 aliphatic carbocycles. The fourth-order valence-electron chi connectivity index (χ4n) is 1.57. The normalized spacial score (nSPS) is 14.9. The molecular formula is C14H14F6OS. The van der Waals surface area contributed by atoms with Crippen molar-refractivity contribution in [3.63, 3.8) is 0 Å². The van der Waals surface area contributed by atoms with Gasteiger partial charge in [0.05, 0.1) is 0 Å². The van der Waals surface area contributed by atoms with Crippen LogP contribution in [0.15, 0.2) is 30.3 Å². The van der Waals surface area contributed by atoms with Crippen molar-refractivity contribution in [2.75, 3.05) is 5.75 Å².